The van der Waals surface area contributed by atoms with Crippen LogP contribution in [0, 0.1) is 6.92 Å². The smallest absolute Gasteiger partial charge is 0.0731 e. The normalized spacial score (nSPS) is 12.6. The van der Waals surface area contributed by atoms with Crippen molar-refractivity contribution in [3.8, 4) is 0 Å². The molecule has 0 radical (unpaired) electrons. The molecule has 0 aliphatic heterocycles. The molecule has 1 unspecified atom stereocenters. The first kappa shape index (κ1) is 12.8. The van der Waals surface area contributed by atoms with Crippen molar-refractivity contribution in [2.45, 2.75) is 19.4 Å². The number of aryl methyl sites for hydroxylation is 1. The Morgan fingerprint density at radius 2 is 2.06 bits per heavy atom. The largest absolute Gasteiger partial charge is 0.271 e. The highest BCUT2D eigenvalue weighted by Gasteiger charge is 2.14. The lowest BCUT2D eigenvalue weighted by atomic mass is 10.1. The van der Waals surface area contributed by atoms with Crippen molar-refractivity contribution in [1.82, 2.24) is 5.43 Å². The van der Waals surface area contributed by atoms with Gasteiger partial charge in [0.2, 0.25) is 0 Å². The number of thiophene rings is 1. The molecule has 1 heterocycles. The molecule has 2 rings (SSSR count). The van der Waals surface area contributed by atoms with Crippen LogP contribution in [0.25, 0.3) is 0 Å². The SMILES string of the molecule is Cc1cc(C(Cc2ccccc2)NN)sc1Br. The highest BCUT2D eigenvalue weighted by Crippen LogP contribution is 2.32. The van der Waals surface area contributed by atoms with Crippen LogP contribution in [0.4, 0.5) is 0 Å². The van der Waals surface area contributed by atoms with E-state index in [1.807, 2.05) is 6.07 Å². The van der Waals surface area contributed by atoms with E-state index in [1.54, 1.807) is 11.3 Å². The van der Waals surface area contributed by atoms with E-state index in [-0.39, 0.29) is 6.04 Å². The Bertz CT molecular complexity index is 462. The fourth-order valence-corrected chi connectivity index (χ4v) is 3.38. The van der Waals surface area contributed by atoms with Crippen molar-refractivity contribution >= 4 is 27.3 Å². The molecule has 0 aliphatic carbocycles. The molecule has 1 aromatic carbocycles. The van der Waals surface area contributed by atoms with Crippen LogP contribution in [0.2, 0.25) is 0 Å². The molecule has 0 fully saturated rings. The number of nitrogens with two attached hydrogens (primary N) is 1. The Morgan fingerprint density at radius 3 is 2.59 bits per heavy atom. The van der Waals surface area contributed by atoms with Crippen LogP contribution in [-0.4, -0.2) is 0 Å². The molecule has 17 heavy (non-hydrogen) atoms. The number of hydrazine groups is 1. The van der Waals surface area contributed by atoms with Gasteiger partial charge in [0, 0.05) is 4.88 Å². The summed E-state index contributed by atoms with van der Waals surface area (Å²) in [7, 11) is 0. The van der Waals surface area contributed by atoms with Crippen molar-refractivity contribution in [1.29, 1.82) is 0 Å². The molecule has 4 heteroatoms. The van der Waals surface area contributed by atoms with E-state index < -0.39 is 0 Å². The monoisotopic (exact) mass is 310 g/mol. The van der Waals surface area contributed by atoms with Crippen LogP contribution in [-0.2, 0) is 6.42 Å². The molecule has 90 valence electrons. The lowest BCUT2D eigenvalue weighted by Crippen LogP contribution is -2.28. The van der Waals surface area contributed by atoms with Gasteiger partial charge in [-0.15, -0.1) is 11.3 Å². The first-order valence-corrected chi connectivity index (χ1v) is 7.07. The molecular weight excluding hydrogens is 296 g/mol. The van der Waals surface area contributed by atoms with Crippen LogP contribution in [0.5, 0.6) is 0 Å². The molecule has 0 saturated carbocycles. The molecule has 0 bridgehead atoms. The van der Waals surface area contributed by atoms with Gasteiger partial charge in [0.25, 0.3) is 0 Å². The first-order valence-electron chi connectivity index (χ1n) is 5.46. The van der Waals surface area contributed by atoms with E-state index in [2.05, 4.69) is 58.6 Å². The number of benzene rings is 1. The van der Waals surface area contributed by atoms with Gasteiger partial charge in [0.05, 0.1) is 9.83 Å². The summed E-state index contributed by atoms with van der Waals surface area (Å²) >= 11 is 5.29. The highest BCUT2D eigenvalue weighted by atomic mass is 79.9. The fourth-order valence-electron chi connectivity index (χ4n) is 1.75. The van der Waals surface area contributed by atoms with Crippen molar-refractivity contribution in [2.24, 2.45) is 5.84 Å². The maximum Gasteiger partial charge on any atom is 0.0731 e. The zero-order valence-electron chi connectivity index (χ0n) is 9.61. The van der Waals surface area contributed by atoms with Crippen LogP contribution >= 0.6 is 27.3 Å². The molecule has 0 saturated heterocycles. The summed E-state index contributed by atoms with van der Waals surface area (Å²) in [5.74, 6) is 5.65. The Kier molecular flexibility index (Phi) is 4.34. The average Bonchev–Trinajstić information content (AvgIpc) is 2.68. The van der Waals surface area contributed by atoms with Gasteiger partial charge in [0.1, 0.15) is 0 Å². The van der Waals surface area contributed by atoms with Gasteiger partial charge in [-0.2, -0.15) is 0 Å². The number of nitrogens with one attached hydrogen (secondary N) is 1. The third-order valence-corrected chi connectivity index (χ3v) is 4.95. The third kappa shape index (κ3) is 3.16. The second-order valence-electron chi connectivity index (χ2n) is 4.01. The highest BCUT2D eigenvalue weighted by molar-refractivity contribution is 9.11. The topological polar surface area (TPSA) is 38.0 Å². The summed E-state index contributed by atoms with van der Waals surface area (Å²) in [5.41, 5.74) is 5.45. The summed E-state index contributed by atoms with van der Waals surface area (Å²) in [5, 5.41) is 0. The predicted octanol–water partition coefficient (Wildman–Crippen LogP) is 3.57. The average molecular weight is 311 g/mol. The van der Waals surface area contributed by atoms with E-state index >= 15 is 0 Å². The summed E-state index contributed by atoms with van der Waals surface area (Å²) in [4.78, 5) is 1.26. The minimum atomic E-state index is 0.174. The van der Waals surface area contributed by atoms with Gasteiger partial charge in [-0.25, -0.2) is 0 Å². The van der Waals surface area contributed by atoms with Gasteiger partial charge in [0.15, 0.2) is 0 Å². The summed E-state index contributed by atoms with van der Waals surface area (Å²) in [6.07, 6.45) is 0.906. The molecule has 0 spiro atoms. The quantitative estimate of drug-likeness (QED) is 0.669. The van der Waals surface area contributed by atoms with Crippen molar-refractivity contribution < 1.29 is 0 Å². The molecule has 1 aromatic heterocycles. The van der Waals surface area contributed by atoms with E-state index in [1.165, 1.54) is 19.8 Å². The molecule has 1 atom stereocenters. The minimum Gasteiger partial charge on any atom is -0.271 e. The zero-order chi connectivity index (χ0) is 12.3. The Morgan fingerprint density at radius 1 is 1.35 bits per heavy atom. The fraction of sp³-hybridized carbons (Fsp3) is 0.231. The molecule has 2 nitrogen and oxygen atoms in total. The van der Waals surface area contributed by atoms with Gasteiger partial charge >= 0.3 is 0 Å². The maximum atomic E-state index is 5.65. The van der Waals surface area contributed by atoms with Gasteiger partial charge in [-0.3, -0.25) is 11.3 Å². The summed E-state index contributed by atoms with van der Waals surface area (Å²) in [6, 6.07) is 12.7. The number of hydrogen-bond donors (Lipinski definition) is 2. The predicted molar refractivity (Wildman–Crippen MR) is 77.0 cm³/mol. The van der Waals surface area contributed by atoms with Gasteiger partial charge in [-0.05, 0) is 46.5 Å². The third-order valence-electron chi connectivity index (χ3n) is 2.70. The van der Waals surface area contributed by atoms with E-state index in [0.717, 1.165) is 6.42 Å². The second kappa shape index (κ2) is 5.78. The van der Waals surface area contributed by atoms with Crippen LogP contribution in [0.15, 0.2) is 40.2 Å². The Hall–Kier alpha value is -0.680. The van der Waals surface area contributed by atoms with Gasteiger partial charge < -0.3 is 0 Å². The maximum absolute atomic E-state index is 5.65. The van der Waals surface area contributed by atoms with E-state index in [0.29, 0.717) is 0 Å². The Labute approximate surface area is 114 Å². The first-order chi connectivity index (χ1) is 8.20. The summed E-state index contributed by atoms with van der Waals surface area (Å²) < 4.78 is 1.18. The summed E-state index contributed by atoms with van der Waals surface area (Å²) in [6.45, 7) is 2.10. The van der Waals surface area contributed by atoms with E-state index in [9.17, 15) is 0 Å². The number of hydrogen-bond acceptors (Lipinski definition) is 3. The second-order valence-corrected chi connectivity index (χ2v) is 6.42. The van der Waals surface area contributed by atoms with Crippen LogP contribution < -0.4 is 11.3 Å². The number of halogens is 1. The van der Waals surface area contributed by atoms with Crippen molar-refractivity contribution in [3.63, 3.8) is 0 Å². The molecule has 2 aromatic rings. The lowest BCUT2D eigenvalue weighted by molar-refractivity contribution is 0.560. The van der Waals surface area contributed by atoms with Crippen molar-refractivity contribution in [3.05, 3.63) is 56.2 Å². The van der Waals surface area contributed by atoms with Gasteiger partial charge in [-0.1, -0.05) is 30.3 Å². The Balaban J connectivity index is 2.17. The molecular formula is C13H15BrN2S. The van der Waals surface area contributed by atoms with E-state index in [4.69, 9.17) is 5.84 Å². The molecule has 0 aliphatic rings. The van der Waals surface area contributed by atoms with Crippen LogP contribution in [0.1, 0.15) is 22.0 Å². The number of rotatable bonds is 4. The minimum absolute atomic E-state index is 0.174. The lowest BCUT2D eigenvalue weighted by Gasteiger charge is -2.14. The van der Waals surface area contributed by atoms with Crippen molar-refractivity contribution in [2.75, 3.05) is 0 Å². The zero-order valence-corrected chi connectivity index (χ0v) is 12.0. The molecule has 3 N–H and O–H groups in total. The molecule has 0 amide bonds. The standard InChI is InChI=1S/C13H15BrN2S/c1-9-7-12(17-13(9)14)11(16-15)8-10-5-3-2-4-6-10/h2-7,11,16H,8,15H2,1H3. The van der Waals surface area contributed by atoms with Crippen LogP contribution in [0.3, 0.4) is 0 Å².